The first-order valence-electron chi connectivity index (χ1n) is 6.04. The van der Waals surface area contributed by atoms with Crippen LogP contribution in [0.15, 0.2) is 38.0 Å². The summed E-state index contributed by atoms with van der Waals surface area (Å²) < 4.78 is 0. The van der Waals surface area contributed by atoms with E-state index < -0.39 is 0 Å². The molecule has 0 aliphatic rings. The monoisotopic (exact) mass is 254 g/mol. The zero-order chi connectivity index (χ0) is 15.0. The Balaban J connectivity index is -0.000000187. The van der Waals surface area contributed by atoms with E-state index >= 15 is 0 Å². The van der Waals surface area contributed by atoms with Crippen LogP contribution in [0.4, 0.5) is 0 Å². The molecular formula is C15H26O3. The van der Waals surface area contributed by atoms with Crippen LogP contribution in [-0.2, 0) is 9.59 Å². The molecule has 0 aromatic heterocycles. The first-order valence-corrected chi connectivity index (χ1v) is 6.04. The van der Waals surface area contributed by atoms with Gasteiger partial charge in [-0.25, -0.2) is 0 Å². The summed E-state index contributed by atoms with van der Waals surface area (Å²) in [5.41, 5.74) is 0. The largest absolute Gasteiger partial charge is 0.389 e. The van der Waals surface area contributed by atoms with Gasteiger partial charge in [0, 0.05) is 12.8 Å². The first-order chi connectivity index (χ1) is 8.42. The van der Waals surface area contributed by atoms with Gasteiger partial charge in [-0.15, -0.1) is 6.58 Å². The van der Waals surface area contributed by atoms with Crippen LogP contribution < -0.4 is 0 Å². The Kier molecular flexibility index (Phi) is 21.6. The molecule has 0 spiro atoms. The van der Waals surface area contributed by atoms with Gasteiger partial charge in [0.25, 0.3) is 0 Å². The Morgan fingerprint density at radius 1 is 1.00 bits per heavy atom. The summed E-state index contributed by atoms with van der Waals surface area (Å²) >= 11 is 0. The summed E-state index contributed by atoms with van der Waals surface area (Å²) in [6.07, 6.45) is 5.81. The number of ketones is 2. The lowest BCUT2D eigenvalue weighted by Gasteiger charge is -1.93. The predicted molar refractivity (Wildman–Crippen MR) is 77.5 cm³/mol. The highest BCUT2D eigenvalue weighted by Crippen LogP contribution is 1.86. The fourth-order valence-electron chi connectivity index (χ4n) is 0.455. The SMILES string of the molecule is C=CC(=O)CC.C=CC(=O)CC.C=CC(O)CC. The van der Waals surface area contributed by atoms with E-state index in [0.717, 1.165) is 6.42 Å². The quantitative estimate of drug-likeness (QED) is 0.584. The maximum absolute atomic E-state index is 10.1. The molecule has 1 atom stereocenters. The maximum atomic E-state index is 10.1. The van der Waals surface area contributed by atoms with Gasteiger partial charge in [0.1, 0.15) is 0 Å². The lowest BCUT2D eigenvalue weighted by Crippen LogP contribution is -1.95. The van der Waals surface area contributed by atoms with Gasteiger partial charge >= 0.3 is 0 Å². The third kappa shape index (κ3) is 24.0. The van der Waals surface area contributed by atoms with Gasteiger partial charge < -0.3 is 5.11 Å². The van der Waals surface area contributed by atoms with Gasteiger partial charge in [0.2, 0.25) is 0 Å². The van der Waals surface area contributed by atoms with Crippen molar-refractivity contribution in [2.45, 2.75) is 46.1 Å². The summed E-state index contributed by atoms with van der Waals surface area (Å²) in [6, 6.07) is 0. The molecule has 0 amide bonds. The summed E-state index contributed by atoms with van der Waals surface area (Å²) in [5, 5.41) is 8.55. The van der Waals surface area contributed by atoms with E-state index in [4.69, 9.17) is 5.11 Å². The van der Waals surface area contributed by atoms with E-state index in [1.807, 2.05) is 20.8 Å². The second-order valence-electron chi connectivity index (χ2n) is 3.26. The van der Waals surface area contributed by atoms with Gasteiger partial charge in [-0.05, 0) is 18.6 Å². The molecule has 1 unspecified atom stereocenters. The molecular weight excluding hydrogens is 228 g/mol. The molecule has 3 heteroatoms. The number of hydrogen-bond acceptors (Lipinski definition) is 3. The van der Waals surface area contributed by atoms with Gasteiger partial charge in [-0.1, -0.05) is 40.0 Å². The topological polar surface area (TPSA) is 54.4 Å². The Hall–Kier alpha value is -1.48. The second-order valence-corrected chi connectivity index (χ2v) is 3.26. The van der Waals surface area contributed by atoms with Crippen molar-refractivity contribution in [2.75, 3.05) is 0 Å². The summed E-state index contributed by atoms with van der Waals surface area (Å²) in [5.74, 6) is 0.213. The van der Waals surface area contributed by atoms with E-state index in [2.05, 4.69) is 19.7 Å². The van der Waals surface area contributed by atoms with E-state index in [9.17, 15) is 9.59 Å². The molecule has 0 aliphatic heterocycles. The highest BCUT2D eigenvalue weighted by atomic mass is 16.3. The van der Waals surface area contributed by atoms with E-state index in [-0.39, 0.29) is 17.7 Å². The minimum Gasteiger partial charge on any atom is -0.389 e. The van der Waals surface area contributed by atoms with Crippen molar-refractivity contribution in [3.63, 3.8) is 0 Å². The van der Waals surface area contributed by atoms with E-state index in [1.54, 1.807) is 0 Å². The standard InChI is InChI=1S/C5H10O.2C5H8O/c3*1-3-5(6)4-2/h3,5-6H,1,4H2,2H3;2*3H,1,4H2,2H3. The molecule has 0 saturated heterocycles. The van der Waals surface area contributed by atoms with Crippen molar-refractivity contribution < 1.29 is 14.7 Å². The molecule has 1 N–H and O–H groups in total. The number of carbonyl (C=O) groups is 2. The highest BCUT2D eigenvalue weighted by molar-refractivity contribution is 5.88. The van der Waals surface area contributed by atoms with Crippen LogP contribution in [0.3, 0.4) is 0 Å². The second kappa shape index (κ2) is 17.9. The lowest BCUT2D eigenvalue weighted by atomic mass is 10.3. The van der Waals surface area contributed by atoms with Crippen LogP contribution in [0.1, 0.15) is 40.0 Å². The number of rotatable bonds is 6. The number of aliphatic hydroxyl groups is 1. The summed E-state index contributed by atoms with van der Waals surface area (Å²) in [6.45, 7) is 15.5. The van der Waals surface area contributed by atoms with Gasteiger partial charge in [-0.2, -0.15) is 0 Å². The molecule has 0 radical (unpaired) electrons. The third-order valence-electron chi connectivity index (χ3n) is 1.84. The highest BCUT2D eigenvalue weighted by Gasteiger charge is 1.86. The van der Waals surface area contributed by atoms with Gasteiger partial charge in [0.15, 0.2) is 11.6 Å². The molecule has 3 nitrogen and oxygen atoms in total. The number of allylic oxidation sites excluding steroid dienone is 2. The smallest absolute Gasteiger partial charge is 0.154 e. The van der Waals surface area contributed by atoms with Crippen molar-refractivity contribution in [1.29, 1.82) is 0 Å². The van der Waals surface area contributed by atoms with Crippen LogP contribution >= 0.6 is 0 Å². The minimum absolute atomic E-state index is 0.106. The molecule has 0 heterocycles. The molecule has 0 bridgehead atoms. The lowest BCUT2D eigenvalue weighted by molar-refractivity contribution is -0.115. The Morgan fingerprint density at radius 3 is 1.33 bits per heavy atom. The molecule has 18 heavy (non-hydrogen) atoms. The third-order valence-corrected chi connectivity index (χ3v) is 1.84. The predicted octanol–water partition coefficient (Wildman–Crippen LogP) is 3.25. The van der Waals surface area contributed by atoms with Crippen LogP contribution in [0.25, 0.3) is 0 Å². The van der Waals surface area contributed by atoms with Crippen LogP contribution in [0.2, 0.25) is 0 Å². The average Bonchev–Trinajstić information content (AvgIpc) is 2.45. The van der Waals surface area contributed by atoms with Gasteiger partial charge in [-0.3, -0.25) is 9.59 Å². The van der Waals surface area contributed by atoms with E-state index in [0.29, 0.717) is 12.8 Å². The number of carbonyl (C=O) groups excluding carboxylic acids is 2. The van der Waals surface area contributed by atoms with Crippen molar-refractivity contribution in [1.82, 2.24) is 0 Å². The van der Waals surface area contributed by atoms with Crippen LogP contribution in [0.5, 0.6) is 0 Å². The summed E-state index contributed by atoms with van der Waals surface area (Å²) in [4.78, 5) is 20.1. The van der Waals surface area contributed by atoms with Crippen molar-refractivity contribution in [3.05, 3.63) is 38.0 Å². The Bertz CT molecular complexity index is 234. The molecule has 104 valence electrons. The van der Waals surface area contributed by atoms with Crippen molar-refractivity contribution in [2.24, 2.45) is 0 Å². The zero-order valence-corrected chi connectivity index (χ0v) is 11.8. The molecule has 0 aromatic rings. The molecule has 0 saturated carbocycles. The van der Waals surface area contributed by atoms with Crippen molar-refractivity contribution >= 4 is 11.6 Å². The Morgan fingerprint density at radius 2 is 1.33 bits per heavy atom. The van der Waals surface area contributed by atoms with Crippen LogP contribution in [-0.4, -0.2) is 22.8 Å². The van der Waals surface area contributed by atoms with Crippen molar-refractivity contribution in [3.8, 4) is 0 Å². The van der Waals surface area contributed by atoms with Crippen LogP contribution in [0, 0.1) is 0 Å². The minimum atomic E-state index is -0.301. The molecule has 0 aliphatic carbocycles. The first kappa shape index (κ1) is 21.8. The zero-order valence-electron chi connectivity index (χ0n) is 11.8. The normalized spacial score (nSPS) is 9.56. The fraction of sp³-hybridized carbons (Fsp3) is 0.467. The maximum Gasteiger partial charge on any atom is 0.154 e. The fourth-order valence-corrected chi connectivity index (χ4v) is 0.455. The molecule has 0 fully saturated rings. The number of hydrogen-bond donors (Lipinski definition) is 1. The molecule has 0 aromatic carbocycles. The average molecular weight is 254 g/mol. The number of aliphatic hydroxyl groups excluding tert-OH is 1. The summed E-state index contributed by atoms with van der Waals surface area (Å²) in [7, 11) is 0. The Labute approximate surface area is 111 Å². The van der Waals surface area contributed by atoms with E-state index in [1.165, 1.54) is 18.2 Å². The van der Waals surface area contributed by atoms with Gasteiger partial charge in [0.05, 0.1) is 6.10 Å². The molecule has 0 rings (SSSR count).